The smallest absolute Gasteiger partial charge is 0.253 e. The van der Waals surface area contributed by atoms with Gasteiger partial charge in [0, 0.05) is 50.3 Å². The lowest BCUT2D eigenvalue weighted by Crippen LogP contribution is -2.32. The average Bonchev–Trinajstić information content (AvgIpc) is 3.52. The van der Waals surface area contributed by atoms with E-state index in [0.29, 0.717) is 25.3 Å². The van der Waals surface area contributed by atoms with Gasteiger partial charge in [-0.3, -0.25) is 14.8 Å². The van der Waals surface area contributed by atoms with Crippen molar-refractivity contribution in [3.05, 3.63) is 41.3 Å². The number of carbonyl (C=O) groups excluding carboxylic acids is 1. The maximum Gasteiger partial charge on any atom is 0.253 e. The van der Waals surface area contributed by atoms with Gasteiger partial charge in [-0.05, 0) is 25.8 Å². The number of aromatic nitrogens is 4. The third-order valence-electron chi connectivity index (χ3n) is 5.19. The predicted octanol–water partition coefficient (Wildman–Crippen LogP) is 2.93. The number of methoxy groups -OCH3 is 1. The molecule has 1 unspecified atom stereocenters. The average molecular weight is 428 g/mol. The van der Waals surface area contributed by atoms with E-state index in [9.17, 15) is 4.79 Å². The quantitative estimate of drug-likeness (QED) is 0.594. The normalized spacial score (nSPS) is 16.1. The summed E-state index contributed by atoms with van der Waals surface area (Å²) in [6.07, 6.45) is 7.13. The molecule has 1 fully saturated rings. The minimum absolute atomic E-state index is 0.0928. The molecule has 30 heavy (non-hydrogen) atoms. The van der Waals surface area contributed by atoms with Crippen molar-refractivity contribution >= 4 is 17.2 Å². The Kier molecular flexibility index (Phi) is 6.51. The van der Waals surface area contributed by atoms with Crippen LogP contribution in [0.3, 0.4) is 0 Å². The standard InChI is InChI=1S/C21H25N5O3S/c1-14-16(20(27)24-11-15-4-3-8-29-15)10-19(26(14)7-9-28-2)18-13-30-21(25-18)17-12-22-5-6-23-17/h5-6,10,12-13,15H,3-4,7-9,11H2,1-2H3,(H,24,27). The molecule has 0 aliphatic carbocycles. The molecule has 8 nitrogen and oxygen atoms in total. The SMILES string of the molecule is COCCn1c(-c2csc(-c3cnccn3)n2)cc(C(=O)NCC2CCCO2)c1C. The molecule has 0 aromatic carbocycles. The fourth-order valence-corrected chi connectivity index (χ4v) is 4.36. The van der Waals surface area contributed by atoms with Crippen molar-refractivity contribution < 1.29 is 14.3 Å². The highest BCUT2D eigenvalue weighted by Gasteiger charge is 2.22. The zero-order chi connectivity index (χ0) is 20.9. The summed E-state index contributed by atoms with van der Waals surface area (Å²) >= 11 is 1.51. The molecule has 1 aliphatic rings. The zero-order valence-electron chi connectivity index (χ0n) is 17.1. The van der Waals surface area contributed by atoms with Crippen LogP contribution >= 0.6 is 11.3 Å². The van der Waals surface area contributed by atoms with Gasteiger partial charge in [0.25, 0.3) is 5.91 Å². The fourth-order valence-electron chi connectivity index (χ4n) is 3.58. The Hall–Kier alpha value is -2.62. The second-order valence-corrected chi connectivity index (χ2v) is 8.00. The number of amides is 1. The lowest BCUT2D eigenvalue weighted by molar-refractivity contribution is 0.0857. The van der Waals surface area contributed by atoms with E-state index >= 15 is 0 Å². The number of nitrogens with one attached hydrogen (secondary N) is 1. The molecular formula is C21H25N5O3S. The van der Waals surface area contributed by atoms with Gasteiger partial charge in [0.15, 0.2) is 0 Å². The van der Waals surface area contributed by atoms with Crippen LogP contribution in [0.25, 0.3) is 22.1 Å². The van der Waals surface area contributed by atoms with Gasteiger partial charge in [-0.15, -0.1) is 11.3 Å². The van der Waals surface area contributed by atoms with E-state index in [1.54, 1.807) is 25.7 Å². The molecule has 158 valence electrons. The number of hydrogen-bond acceptors (Lipinski definition) is 7. The number of ether oxygens (including phenoxy) is 2. The topological polar surface area (TPSA) is 91.2 Å². The highest BCUT2D eigenvalue weighted by atomic mass is 32.1. The first-order chi connectivity index (χ1) is 14.7. The lowest BCUT2D eigenvalue weighted by Gasteiger charge is -2.12. The maximum atomic E-state index is 12.9. The summed E-state index contributed by atoms with van der Waals surface area (Å²) in [6, 6.07) is 1.91. The van der Waals surface area contributed by atoms with Crippen LogP contribution in [0.2, 0.25) is 0 Å². The summed E-state index contributed by atoms with van der Waals surface area (Å²) in [5.41, 5.74) is 3.96. The molecule has 1 aliphatic heterocycles. The van der Waals surface area contributed by atoms with Crippen LogP contribution in [0, 0.1) is 6.92 Å². The van der Waals surface area contributed by atoms with E-state index in [1.165, 1.54) is 11.3 Å². The van der Waals surface area contributed by atoms with E-state index in [1.807, 2.05) is 18.4 Å². The van der Waals surface area contributed by atoms with E-state index in [0.717, 1.165) is 47.2 Å². The Morgan fingerprint density at radius 2 is 2.30 bits per heavy atom. The number of rotatable bonds is 8. The molecule has 0 saturated carbocycles. The van der Waals surface area contributed by atoms with Crippen molar-refractivity contribution in [1.29, 1.82) is 0 Å². The van der Waals surface area contributed by atoms with Crippen LogP contribution in [-0.2, 0) is 16.0 Å². The summed E-state index contributed by atoms with van der Waals surface area (Å²) in [6.45, 7) is 4.44. The first kappa shape index (κ1) is 20.6. The Bertz CT molecular complexity index is 995. The molecule has 1 amide bonds. The number of thiazole rings is 1. The third-order valence-corrected chi connectivity index (χ3v) is 6.06. The highest BCUT2D eigenvalue weighted by Crippen LogP contribution is 2.30. The molecule has 4 heterocycles. The molecule has 1 atom stereocenters. The molecule has 4 rings (SSSR count). The maximum absolute atomic E-state index is 12.9. The van der Waals surface area contributed by atoms with Crippen molar-refractivity contribution in [2.75, 3.05) is 26.9 Å². The van der Waals surface area contributed by atoms with Gasteiger partial charge in [-0.2, -0.15) is 0 Å². The van der Waals surface area contributed by atoms with Crippen molar-refractivity contribution in [3.63, 3.8) is 0 Å². The molecule has 1 N–H and O–H groups in total. The highest BCUT2D eigenvalue weighted by molar-refractivity contribution is 7.13. The number of carbonyl (C=O) groups is 1. The first-order valence-corrected chi connectivity index (χ1v) is 10.9. The van der Waals surface area contributed by atoms with Gasteiger partial charge in [0.1, 0.15) is 10.7 Å². The van der Waals surface area contributed by atoms with Crippen LogP contribution in [0.4, 0.5) is 0 Å². The third kappa shape index (κ3) is 4.43. The van der Waals surface area contributed by atoms with Crippen LogP contribution in [-0.4, -0.2) is 58.4 Å². The van der Waals surface area contributed by atoms with Crippen molar-refractivity contribution in [2.45, 2.75) is 32.4 Å². The molecule has 0 spiro atoms. The number of nitrogens with zero attached hydrogens (tertiary/aromatic N) is 4. The summed E-state index contributed by atoms with van der Waals surface area (Å²) in [7, 11) is 1.67. The largest absolute Gasteiger partial charge is 0.383 e. The Labute approximate surface area is 179 Å². The Morgan fingerprint density at radius 1 is 1.40 bits per heavy atom. The van der Waals surface area contributed by atoms with Crippen LogP contribution in [0.5, 0.6) is 0 Å². The molecule has 1 saturated heterocycles. The lowest BCUT2D eigenvalue weighted by atomic mass is 10.2. The van der Waals surface area contributed by atoms with Crippen LogP contribution in [0.15, 0.2) is 30.0 Å². The summed E-state index contributed by atoms with van der Waals surface area (Å²) in [5.74, 6) is -0.0928. The van der Waals surface area contributed by atoms with E-state index in [-0.39, 0.29) is 12.0 Å². The van der Waals surface area contributed by atoms with E-state index in [4.69, 9.17) is 14.5 Å². The van der Waals surface area contributed by atoms with Gasteiger partial charge in [0.05, 0.1) is 35.9 Å². The molecule has 0 radical (unpaired) electrons. The Balaban J connectivity index is 1.61. The van der Waals surface area contributed by atoms with Crippen molar-refractivity contribution in [2.24, 2.45) is 0 Å². The van der Waals surface area contributed by atoms with Crippen molar-refractivity contribution in [3.8, 4) is 22.1 Å². The van der Waals surface area contributed by atoms with Crippen molar-refractivity contribution in [1.82, 2.24) is 24.8 Å². The zero-order valence-corrected chi connectivity index (χ0v) is 17.9. The van der Waals surface area contributed by atoms with Gasteiger partial charge < -0.3 is 19.4 Å². The van der Waals surface area contributed by atoms with E-state index < -0.39 is 0 Å². The second-order valence-electron chi connectivity index (χ2n) is 7.15. The second kappa shape index (κ2) is 9.46. The van der Waals surface area contributed by atoms with Crippen LogP contribution in [0.1, 0.15) is 28.9 Å². The summed E-state index contributed by atoms with van der Waals surface area (Å²) in [5, 5.41) is 5.79. The molecule has 3 aromatic rings. The number of hydrogen-bond donors (Lipinski definition) is 1. The minimum Gasteiger partial charge on any atom is -0.383 e. The molecular weight excluding hydrogens is 402 g/mol. The van der Waals surface area contributed by atoms with Gasteiger partial charge in [-0.1, -0.05) is 0 Å². The van der Waals surface area contributed by atoms with Crippen LogP contribution < -0.4 is 5.32 Å². The molecule has 9 heteroatoms. The summed E-state index contributed by atoms with van der Waals surface area (Å²) < 4.78 is 13.0. The minimum atomic E-state index is -0.0928. The predicted molar refractivity (Wildman–Crippen MR) is 114 cm³/mol. The van der Waals surface area contributed by atoms with Gasteiger partial charge in [-0.25, -0.2) is 4.98 Å². The van der Waals surface area contributed by atoms with E-state index in [2.05, 4.69) is 19.9 Å². The fraction of sp³-hybridized carbons (Fsp3) is 0.429. The molecule has 3 aromatic heterocycles. The molecule has 0 bridgehead atoms. The first-order valence-electron chi connectivity index (χ1n) is 9.98. The Morgan fingerprint density at radius 3 is 3.03 bits per heavy atom. The van der Waals surface area contributed by atoms with Gasteiger partial charge in [0.2, 0.25) is 0 Å². The summed E-state index contributed by atoms with van der Waals surface area (Å²) in [4.78, 5) is 26.1. The monoisotopic (exact) mass is 427 g/mol. The van der Waals surface area contributed by atoms with Gasteiger partial charge >= 0.3 is 0 Å².